The summed E-state index contributed by atoms with van der Waals surface area (Å²) >= 11 is 5.83. The molecule has 0 fully saturated rings. The quantitative estimate of drug-likeness (QED) is 0.509. The van der Waals surface area contributed by atoms with Crippen molar-refractivity contribution in [1.82, 2.24) is 0 Å². The lowest BCUT2D eigenvalue weighted by molar-refractivity contribution is 0.290. The zero-order chi connectivity index (χ0) is 9.99. The summed E-state index contributed by atoms with van der Waals surface area (Å²) in [7, 11) is -1.55. The maximum Gasteiger partial charge on any atom is 0.192 e. The highest BCUT2D eigenvalue weighted by molar-refractivity contribution is 6.74. The molecule has 0 N–H and O–H groups in total. The third kappa shape index (κ3) is 3.92. The first-order chi connectivity index (χ1) is 5.17. The number of rotatable bonds is 3. The molecule has 3 heteroatoms. The molecule has 0 rings (SSSR count). The summed E-state index contributed by atoms with van der Waals surface area (Å²) in [5.74, 6) is 0. The summed E-state index contributed by atoms with van der Waals surface area (Å²) in [6.07, 6.45) is 0. The van der Waals surface area contributed by atoms with Gasteiger partial charge in [-0.25, -0.2) is 0 Å². The van der Waals surface area contributed by atoms with E-state index in [1.165, 1.54) is 0 Å². The Morgan fingerprint density at radius 1 is 1.33 bits per heavy atom. The lowest BCUT2D eigenvalue weighted by Gasteiger charge is -2.36. The van der Waals surface area contributed by atoms with E-state index in [4.69, 9.17) is 16.0 Å². The van der Waals surface area contributed by atoms with Gasteiger partial charge in [-0.2, -0.15) is 0 Å². The number of hydrogen-bond acceptors (Lipinski definition) is 1. The Bertz CT molecular complexity index is 138. The molecule has 0 aliphatic heterocycles. The van der Waals surface area contributed by atoms with Crippen LogP contribution < -0.4 is 0 Å². The Kier molecular flexibility index (Phi) is 4.28. The Balaban J connectivity index is 4.05. The summed E-state index contributed by atoms with van der Waals surface area (Å²) in [6, 6.07) is 0. The second-order valence-corrected chi connectivity index (χ2v) is 10.4. The molecular weight excluding hydrogens is 188 g/mol. The van der Waals surface area contributed by atoms with E-state index in [9.17, 15) is 0 Å². The van der Waals surface area contributed by atoms with Crippen molar-refractivity contribution in [3.05, 3.63) is 0 Å². The predicted molar refractivity (Wildman–Crippen MR) is 58.5 cm³/mol. The third-order valence-electron chi connectivity index (χ3n) is 2.48. The van der Waals surface area contributed by atoms with Crippen molar-refractivity contribution in [2.75, 3.05) is 6.61 Å². The molecule has 0 radical (unpaired) electrons. The predicted octanol–water partition coefficient (Wildman–Crippen LogP) is 3.64. The molecular formula is C9H21ClOSi. The highest BCUT2D eigenvalue weighted by Gasteiger charge is 2.37. The molecule has 1 nitrogen and oxygen atoms in total. The van der Waals surface area contributed by atoms with Crippen LogP contribution in [0.3, 0.4) is 0 Å². The van der Waals surface area contributed by atoms with Crippen molar-refractivity contribution in [3.63, 3.8) is 0 Å². The average Bonchev–Trinajstić information content (AvgIpc) is 1.81. The van der Waals surface area contributed by atoms with Crippen LogP contribution in [0, 0.1) is 0 Å². The molecule has 74 valence electrons. The smallest absolute Gasteiger partial charge is 0.192 e. The number of hydrogen-bond donors (Lipinski definition) is 0. The van der Waals surface area contributed by atoms with Crippen molar-refractivity contribution >= 4 is 19.9 Å². The maximum absolute atomic E-state index is 5.86. The van der Waals surface area contributed by atoms with E-state index < -0.39 is 8.32 Å². The summed E-state index contributed by atoms with van der Waals surface area (Å²) in [6.45, 7) is 13.8. The minimum absolute atomic E-state index is 0.124. The molecule has 0 saturated heterocycles. The van der Waals surface area contributed by atoms with Gasteiger partial charge in [0, 0.05) is 0 Å². The lowest BCUT2D eigenvalue weighted by atomic mass is 10.2. The van der Waals surface area contributed by atoms with Crippen molar-refractivity contribution in [1.29, 1.82) is 0 Å². The van der Waals surface area contributed by atoms with Crippen molar-refractivity contribution < 1.29 is 4.43 Å². The van der Waals surface area contributed by atoms with Gasteiger partial charge in [0.2, 0.25) is 0 Å². The Morgan fingerprint density at radius 3 is 2.00 bits per heavy atom. The topological polar surface area (TPSA) is 9.23 Å². The molecule has 1 atom stereocenters. The van der Waals surface area contributed by atoms with E-state index in [2.05, 4.69) is 33.9 Å². The molecule has 0 aromatic heterocycles. The van der Waals surface area contributed by atoms with E-state index >= 15 is 0 Å². The standard InChI is InChI=1S/C9H21ClOSi/c1-8(10)7-11-12(5,6)9(2,3)4/h8H,7H2,1-6H3. The van der Waals surface area contributed by atoms with Gasteiger partial charge in [0.25, 0.3) is 0 Å². The summed E-state index contributed by atoms with van der Waals surface area (Å²) in [5, 5.41) is 0.415. The molecule has 0 amide bonds. The lowest BCUT2D eigenvalue weighted by Crippen LogP contribution is -2.41. The Labute approximate surface area is 82.6 Å². The number of halogens is 1. The Hall–Kier alpha value is 0.467. The second-order valence-electron chi connectivity index (χ2n) is 4.85. The maximum atomic E-state index is 5.86. The van der Waals surface area contributed by atoms with Crippen LogP contribution in [0.1, 0.15) is 27.7 Å². The van der Waals surface area contributed by atoms with Gasteiger partial charge in [0.1, 0.15) is 0 Å². The minimum atomic E-state index is -1.55. The largest absolute Gasteiger partial charge is 0.415 e. The van der Waals surface area contributed by atoms with Gasteiger partial charge in [0.15, 0.2) is 8.32 Å². The first-order valence-electron chi connectivity index (χ1n) is 4.45. The van der Waals surface area contributed by atoms with Crippen LogP contribution in [-0.4, -0.2) is 20.3 Å². The molecule has 12 heavy (non-hydrogen) atoms. The van der Waals surface area contributed by atoms with Crippen LogP contribution in [-0.2, 0) is 4.43 Å². The molecule has 1 unspecified atom stereocenters. The zero-order valence-corrected chi connectivity index (χ0v) is 10.8. The van der Waals surface area contributed by atoms with Gasteiger partial charge in [-0.3, -0.25) is 0 Å². The molecule has 0 saturated carbocycles. The van der Waals surface area contributed by atoms with Crippen LogP contribution in [0.2, 0.25) is 18.1 Å². The van der Waals surface area contributed by atoms with Crippen LogP contribution in [0.25, 0.3) is 0 Å². The van der Waals surface area contributed by atoms with E-state index in [0.717, 1.165) is 0 Å². The fraction of sp³-hybridized carbons (Fsp3) is 1.00. The highest BCUT2D eigenvalue weighted by atomic mass is 35.5. The van der Waals surface area contributed by atoms with E-state index in [1.54, 1.807) is 0 Å². The normalized spacial score (nSPS) is 16.2. The van der Waals surface area contributed by atoms with Crippen molar-refractivity contribution in [2.24, 2.45) is 0 Å². The zero-order valence-electron chi connectivity index (χ0n) is 9.07. The minimum Gasteiger partial charge on any atom is -0.415 e. The van der Waals surface area contributed by atoms with E-state index in [0.29, 0.717) is 11.6 Å². The van der Waals surface area contributed by atoms with Gasteiger partial charge in [-0.15, -0.1) is 11.6 Å². The van der Waals surface area contributed by atoms with Gasteiger partial charge in [-0.1, -0.05) is 20.8 Å². The molecule has 0 spiro atoms. The van der Waals surface area contributed by atoms with Gasteiger partial charge in [-0.05, 0) is 25.1 Å². The van der Waals surface area contributed by atoms with E-state index in [1.807, 2.05) is 6.92 Å². The van der Waals surface area contributed by atoms with Crippen LogP contribution in [0.5, 0.6) is 0 Å². The third-order valence-corrected chi connectivity index (χ3v) is 7.11. The molecule has 0 bridgehead atoms. The molecule has 0 aromatic carbocycles. The monoisotopic (exact) mass is 208 g/mol. The van der Waals surface area contributed by atoms with Crippen LogP contribution in [0.4, 0.5) is 0 Å². The van der Waals surface area contributed by atoms with Crippen molar-refractivity contribution in [2.45, 2.75) is 51.2 Å². The fourth-order valence-electron chi connectivity index (χ4n) is 0.540. The first-order valence-corrected chi connectivity index (χ1v) is 7.79. The average molecular weight is 209 g/mol. The molecule has 0 heterocycles. The molecule has 0 aliphatic rings. The van der Waals surface area contributed by atoms with Crippen LogP contribution >= 0.6 is 11.6 Å². The Morgan fingerprint density at radius 2 is 1.75 bits per heavy atom. The molecule has 0 aliphatic carbocycles. The summed E-state index contributed by atoms with van der Waals surface area (Å²) in [4.78, 5) is 0. The van der Waals surface area contributed by atoms with Crippen LogP contribution in [0.15, 0.2) is 0 Å². The first kappa shape index (κ1) is 12.5. The van der Waals surface area contributed by atoms with E-state index in [-0.39, 0.29) is 5.38 Å². The van der Waals surface area contributed by atoms with Crippen molar-refractivity contribution in [3.8, 4) is 0 Å². The summed E-state index contributed by atoms with van der Waals surface area (Å²) < 4.78 is 5.86. The SMILES string of the molecule is CC(Cl)CO[Si](C)(C)C(C)(C)C. The second kappa shape index (κ2) is 4.12. The fourth-order valence-corrected chi connectivity index (χ4v) is 1.81. The highest BCUT2D eigenvalue weighted by Crippen LogP contribution is 2.36. The summed E-state index contributed by atoms with van der Waals surface area (Å²) in [5.41, 5.74) is 0. The van der Waals surface area contributed by atoms with Gasteiger partial charge in [0.05, 0.1) is 12.0 Å². The number of alkyl halides is 1. The van der Waals surface area contributed by atoms with Gasteiger partial charge >= 0.3 is 0 Å². The van der Waals surface area contributed by atoms with Gasteiger partial charge < -0.3 is 4.43 Å². The molecule has 0 aromatic rings.